The minimum Gasteiger partial charge on any atom is -0.482 e. The Labute approximate surface area is 154 Å². The van der Waals surface area contributed by atoms with Crippen molar-refractivity contribution in [2.75, 3.05) is 11.9 Å². The van der Waals surface area contributed by atoms with Gasteiger partial charge in [-0.15, -0.1) is 11.3 Å². The number of amides is 1. The third-order valence-electron chi connectivity index (χ3n) is 3.79. The fourth-order valence-corrected chi connectivity index (χ4v) is 4.26. The zero-order valence-electron chi connectivity index (χ0n) is 12.7. The molecule has 0 unspecified atom stereocenters. The van der Waals surface area contributed by atoms with Crippen LogP contribution < -0.4 is 10.1 Å². The number of rotatable bonds is 4. The Hall–Kier alpha value is -1.74. The van der Waals surface area contributed by atoms with Crippen LogP contribution in [0.4, 0.5) is 5.00 Å². The van der Waals surface area contributed by atoms with E-state index >= 15 is 0 Å². The summed E-state index contributed by atoms with van der Waals surface area (Å²) in [4.78, 5) is 13.3. The molecule has 124 valence electrons. The minimum atomic E-state index is -0.332. The lowest BCUT2D eigenvalue weighted by Crippen LogP contribution is -2.20. The number of halogens is 2. The predicted molar refractivity (Wildman–Crippen MR) is 96.3 cm³/mol. The lowest BCUT2D eigenvalue weighted by atomic mass is 9.96. The maximum atomic E-state index is 12.1. The summed E-state index contributed by atoms with van der Waals surface area (Å²) < 4.78 is 5.42. The Balaban J connectivity index is 1.68. The van der Waals surface area contributed by atoms with E-state index in [-0.39, 0.29) is 12.5 Å². The molecule has 1 amide bonds. The minimum absolute atomic E-state index is 0.201. The highest BCUT2D eigenvalue weighted by atomic mass is 35.5. The summed E-state index contributed by atoms with van der Waals surface area (Å²) in [6, 6.07) is 7.03. The number of aryl methyl sites for hydroxylation is 1. The number of fused-ring (bicyclic) bond motifs is 1. The molecule has 1 aromatic carbocycles. The van der Waals surface area contributed by atoms with Crippen molar-refractivity contribution < 1.29 is 9.53 Å². The third-order valence-corrected chi connectivity index (χ3v) is 5.54. The Kier molecular flexibility index (Phi) is 5.30. The van der Waals surface area contributed by atoms with Crippen molar-refractivity contribution in [2.24, 2.45) is 0 Å². The maximum Gasteiger partial charge on any atom is 0.262 e. The van der Waals surface area contributed by atoms with E-state index in [2.05, 4.69) is 11.4 Å². The quantitative estimate of drug-likeness (QED) is 0.826. The van der Waals surface area contributed by atoms with Crippen molar-refractivity contribution in [3.05, 3.63) is 44.2 Å². The predicted octanol–water partition coefficient (Wildman–Crippen LogP) is 4.82. The first kappa shape index (κ1) is 17.1. The molecule has 24 heavy (non-hydrogen) atoms. The number of ether oxygens (including phenoxy) is 1. The van der Waals surface area contributed by atoms with Crippen molar-refractivity contribution in [1.82, 2.24) is 0 Å². The van der Waals surface area contributed by atoms with E-state index in [0.717, 1.165) is 31.2 Å². The van der Waals surface area contributed by atoms with E-state index in [9.17, 15) is 10.1 Å². The van der Waals surface area contributed by atoms with Crippen molar-refractivity contribution in [3.8, 4) is 11.8 Å². The van der Waals surface area contributed by atoms with E-state index in [1.807, 2.05) is 0 Å². The Morgan fingerprint density at radius 3 is 2.92 bits per heavy atom. The molecule has 1 aliphatic carbocycles. The van der Waals surface area contributed by atoms with Crippen LogP contribution >= 0.6 is 34.5 Å². The van der Waals surface area contributed by atoms with Gasteiger partial charge in [0.25, 0.3) is 5.91 Å². The molecule has 1 aliphatic rings. The van der Waals surface area contributed by atoms with E-state index in [1.54, 1.807) is 18.2 Å². The third kappa shape index (κ3) is 3.67. The van der Waals surface area contributed by atoms with Gasteiger partial charge in [-0.2, -0.15) is 5.26 Å². The number of hydrogen-bond donors (Lipinski definition) is 1. The van der Waals surface area contributed by atoms with E-state index < -0.39 is 0 Å². The molecular weight excluding hydrogens is 367 g/mol. The van der Waals surface area contributed by atoms with Crippen LogP contribution in [0.25, 0.3) is 0 Å². The summed E-state index contributed by atoms with van der Waals surface area (Å²) in [5.41, 5.74) is 1.67. The zero-order valence-corrected chi connectivity index (χ0v) is 15.0. The second-order valence-corrected chi connectivity index (χ2v) is 7.39. The van der Waals surface area contributed by atoms with Crippen LogP contribution in [-0.2, 0) is 17.6 Å². The number of nitriles is 1. The normalized spacial score (nSPS) is 13.0. The molecule has 2 aromatic rings. The van der Waals surface area contributed by atoms with Crippen molar-refractivity contribution in [2.45, 2.75) is 25.7 Å². The molecular formula is C17H14Cl2N2O2S. The Morgan fingerprint density at radius 1 is 1.33 bits per heavy atom. The summed E-state index contributed by atoms with van der Waals surface area (Å²) in [5.74, 6) is 0.0198. The SMILES string of the molecule is N#Cc1c(NC(=O)COc2cc(Cl)ccc2Cl)sc2c1CCCC2. The van der Waals surface area contributed by atoms with Gasteiger partial charge in [0, 0.05) is 16.0 Å². The molecule has 4 nitrogen and oxygen atoms in total. The number of nitrogens with zero attached hydrogens (tertiary/aromatic N) is 1. The number of benzene rings is 1. The van der Waals surface area contributed by atoms with E-state index in [1.165, 1.54) is 16.2 Å². The van der Waals surface area contributed by atoms with Gasteiger partial charge in [0.1, 0.15) is 16.8 Å². The smallest absolute Gasteiger partial charge is 0.262 e. The van der Waals surface area contributed by atoms with Crippen LogP contribution in [0.15, 0.2) is 18.2 Å². The molecule has 0 saturated carbocycles. The van der Waals surface area contributed by atoms with E-state index in [4.69, 9.17) is 27.9 Å². The molecule has 0 saturated heterocycles. The molecule has 1 aromatic heterocycles. The van der Waals surface area contributed by atoms with Crippen molar-refractivity contribution in [1.29, 1.82) is 5.26 Å². The lowest BCUT2D eigenvalue weighted by molar-refractivity contribution is -0.118. The van der Waals surface area contributed by atoms with Gasteiger partial charge in [0.15, 0.2) is 6.61 Å². The molecule has 3 rings (SSSR count). The molecule has 0 bridgehead atoms. The monoisotopic (exact) mass is 380 g/mol. The molecule has 7 heteroatoms. The Morgan fingerprint density at radius 2 is 2.12 bits per heavy atom. The number of thiophene rings is 1. The van der Waals surface area contributed by atoms with E-state index in [0.29, 0.717) is 26.4 Å². The van der Waals surface area contributed by atoms with Gasteiger partial charge in [-0.1, -0.05) is 23.2 Å². The van der Waals surface area contributed by atoms with Crippen LogP contribution in [0.1, 0.15) is 28.8 Å². The zero-order chi connectivity index (χ0) is 17.1. The first-order valence-electron chi connectivity index (χ1n) is 7.51. The van der Waals surface area contributed by atoms with Crippen LogP contribution in [-0.4, -0.2) is 12.5 Å². The number of carbonyl (C=O) groups is 1. The van der Waals surface area contributed by atoms with Crippen molar-refractivity contribution in [3.63, 3.8) is 0 Å². The highest BCUT2D eigenvalue weighted by Gasteiger charge is 2.21. The number of anilines is 1. The molecule has 0 atom stereocenters. The van der Waals surface area contributed by atoms with Crippen LogP contribution in [0, 0.1) is 11.3 Å². The summed E-state index contributed by atoms with van der Waals surface area (Å²) in [5, 5.41) is 13.6. The average molecular weight is 381 g/mol. The first-order valence-corrected chi connectivity index (χ1v) is 9.08. The summed E-state index contributed by atoms with van der Waals surface area (Å²) in [6.07, 6.45) is 4.09. The maximum absolute atomic E-state index is 12.1. The van der Waals surface area contributed by atoms with Gasteiger partial charge in [0.05, 0.1) is 10.6 Å². The fraction of sp³-hybridized carbons (Fsp3) is 0.294. The van der Waals surface area contributed by atoms with Gasteiger partial charge in [-0.3, -0.25) is 4.79 Å². The molecule has 1 N–H and O–H groups in total. The molecule has 0 fully saturated rings. The second kappa shape index (κ2) is 7.43. The fourth-order valence-electron chi connectivity index (χ4n) is 2.67. The lowest BCUT2D eigenvalue weighted by Gasteiger charge is -2.09. The highest BCUT2D eigenvalue weighted by Crippen LogP contribution is 2.37. The summed E-state index contributed by atoms with van der Waals surface area (Å²) >= 11 is 13.4. The summed E-state index contributed by atoms with van der Waals surface area (Å²) in [7, 11) is 0. The van der Waals surface area contributed by atoms with Gasteiger partial charge in [0.2, 0.25) is 0 Å². The first-order chi connectivity index (χ1) is 11.6. The van der Waals surface area contributed by atoms with Gasteiger partial charge < -0.3 is 10.1 Å². The standard InChI is InChI=1S/C17H14Cl2N2O2S/c18-10-5-6-13(19)14(7-10)23-9-16(22)21-17-12(8-20)11-3-1-2-4-15(11)24-17/h5-7H,1-4,9H2,(H,21,22). The molecule has 0 aliphatic heterocycles. The second-order valence-electron chi connectivity index (χ2n) is 5.44. The molecule has 0 spiro atoms. The van der Waals surface area contributed by atoms with Gasteiger partial charge in [-0.05, 0) is 43.4 Å². The number of hydrogen-bond acceptors (Lipinski definition) is 4. The largest absolute Gasteiger partial charge is 0.482 e. The summed E-state index contributed by atoms with van der Waals surface area (Å²) in [6.45, 7) is -0.201. The Bertz CT molecular complexity index is 827. The molecule has 0 radical (unpaired) electrons. The van der Waals surface area contributed by atoms with Crippen LogP contribution in [0.3, 0.4) is 0 Å². The number of carbonyl (C=O) groups excluding carboxylic acids is 1. The van der Waals surface area contributed by atoms with Crippen molar-refractivity contribution >= 4 is 45.4 Å². The van der Waals surface area contributed by atoms with Gasteiger partial charge >= 0.3 is 0 Å². The van der Waals surface area contributed by atoms with Crippen LogP contribution in [0.5, 0.6) is 5.75 Å². The average Bonchev–Trinajstić information content (AvgIpc) is 2.92. The molecule has 1 heterocycles. The highest BCUT2D eigenvalue weighted by molar-refractivity contribution is 7.16. The van der Waals surface area contributed by atoms with Crippen LogP contribution in [0.2, 0.25) is 10.0 Å². The topological polar surface area (TPSA) is 62.1 Å². The van der Waals surface area contributed by atoms with Gasteiger partial charge in [-0.25, -0.2) is 0 Å². The number of nitrogens with one attached hydrogen (secondary N) is 1.